The van der Waals surface area contributed by atoms with Crippen molar-refractivity contribution in [3.8, 4) is 11.3 Å². The van der Waals surface area contributed by atoms with Gasteiger partial charge in [0, 0.05) is 16.6 Å². The Balaban J connectivity index is 2.49. The molecular formula is C9H9N3S. The first-order valence-corrected chi connectivity index (χ1v) is 4.74. The quantitative estimate of drug-likeness (QED) is 0.702. The van der Waals surface area contributed by atoms with Gasteiger partial charge in [-0.15, -0.1) is 5.10 Å². The lowest BCUT2D eigenvalue weighted by molar-refractivity contribution is 1.16. The number of nitrogens with two attached hydrogens (primary N) is 1. The molecule has 0 aliphatic heterocycles. The Morgan fingerprint density at radius 2 is 2.23 bits per heavy atom. The summed E-state index contributed by atoms with van der Waals surface area (Å²) >= 11 is 1.34. The van der Waals surface area contributed by atoms with Crippen molar-refractivity contribution < 1.29 is 0 Å². The van der Waals surface area contributed by atoms with E-state index in [2.05, 4.69) is 9.59 Å². The van der Waals surface area contributed by atoms with E-state index in [4.69, 9.17) is 5.73 Å². The number of hydrogen-bond acceptors (Lipinski definition) is 4. The summed E-state index contributed by atoms with van der Waals surface area (Å²) in [5.41, 5.74) is 9.58. The maximum Gasteiger partial charge on any atom is 0.105 e. The fraction of sp³-hybridized carbons (Fsp3) is 0.111. The van der Waals surface area contributed by atoms with Gasteiger partial charge in [-0.3, -0.25) is 0 Å². The highest BCUT2D eigenvalue weighted by atomic mass is 32.1. The molecule has 0 amide bonds. The molecule has 0 aliphatic rings. The first-order valence-electron chi connectivity index (χ1n) is 3.91. The van der Waals surface area contributed by atoms with E-state index in [9.17, 15) is 0 Å². The molecule has 2 aromatic rings. The summed E-state index contributed by atoms with van der Waals surface area (Å²) in [5, 5.41) is 5.88. The third kappa shape index (κ3) is 1.53. The summed E-state index contributed by atoms with van der Waals surface area (Å²) in [4.78, 5) is 0. The first-order chi connectivity index (χ1) is 6.27. The molecule has 0 bridgehead atoms. The normalized spacial score (nSPS) is 10.2. The second kappa shape index (κ2) is 3.14. The lowest BCUT2D eigenvalue weighted by Gasteiger charge is -2.01. The second-order valence-corrected chi connectivity index (χ2v) is 3.47. The first kappa shape index (κ1) is 8.19. The van der Waals surface area contributed by atoms with Gasteiger partial charge in [-0.2, -0.15) is 0 Å². The molecule has 4 heteroatoms. The van der Waals surface area contributed by atoms with Crippen molar-refractivity contribution in [1.29, 1.82) is 0 Å². The van der Waals surface area contributed by atoms with Gasteiger partial charge in [0.2, 0.25) is 0 Å². The van der Waals surface area contributed by atoms with E-state index in [-0.39, 0.29) is 0 Å². The molecule has 1 aromatic heterocycles. The number of benzene rings is 1. The summed E-state index contributed by atoms with van der Waals surface area (Å²) in [7, 11) is 0. The SMILES string of the molecule is Cc1ccc(-c2csnn2)cc1N. The Labute approximate surface area is 80.4 Å². The van der Waals surface area contributed by atoms with Gasteiger partial charge < -0.3 is 5.73 Å². The number of aromatic nitrogens is 2. The molecule has 0 spiro atoms. The molecule has 2 N–H and O–H groups in total. The lowest BCUT2D eigenvalue weighted by Crippen LogP contribution is -1.89. The van der Waals surface area contributed by atoms with Crippen LogP contribution in [0.3, 0.4) is 0 Å². The number of nitrogens with zero attached hydrogens (tertiary/aromatic N) is 2. The molecule has 1 aromatic carbocycles. The van der Waals surface area contributed by atoms with Gasteiger partial charge in [0.25, 0.3) is 0 Å². The summed E-state index contributed by atoms with van der Waals surface area (Å²) < 4.78 is 3.80. The van der Waals surface area contributed by atoms with E-state index in [1.807, 2.05) is 30.5 Å². The highest BCUT2D eigenvalue weighted by molar-refractivity contribution is 7.03. The van der Waals surface area contributed by atoms with Gasteiger partial charge in [0.1, 0.15) is 5.69 Å². The van der Waals surface area contributed by atoms with Crippen LogP contribution in [0.4, 0.5) is 5.69 Å². The van der Waals surface area contributed by atoms with Crippen LogP contribution in [0.1, 0.15) is 5.56 Å². The average molecular weight is 191 g/mol. The van der Waals surface area contributed by atoms with Gasteiger partial charge in [-0.05, 0) is 30.1 Å². The molecule has 0 aliphatic carbocycles. The minimum atomic E-state index is 0.797. The molecule has 0 fully saturated rings. The second-order valence-electron chi connectivity index (χ2n) is 2.86. The standard InChI is InChI=1S/C9H9N3S/c1-6-2-3-7(4-8(6)10)9-5-13-12-11-9/h2-5H,10H2,1H3. The van der Waals surface area contributed by atoms with Gasteiger partial charge in [0.15, 0.2) is 0 Å². The largest absolute Gasteiger partial charge is 0.398 e. The van der Waals surface area contributed by atoms with E-state index in [1.54, 1.807) is 0 Å². The molecule has 0 saturated heterocycles. The number of hydrogen-bond donors (Lipinski definition) is 1. The minimum absolute atomic E-state index is 0.797. The van der Waals surface area contributed by atoms with Crippen LogP contribution in [0.2, 0.25) is 0 Å². The van der Waals surface area contributed by atoms with Crippen molar-refractivity contribution in [2.24, 2.45) is 0 Å². The van der Waals surface area contributed by atoms with E-state index in [1.165, 1.54) is 11.5 Å². The summed E-state index contributed by atoms with van der Waals surface area (Å²) in [6, 6.07) is 5.92. The van der Waals surface area contributed by atoms with Crippen LogP contribution < -0.4 is 5.73 Å². The molecule has 3 nitrogen and oxygen atoms in total. The highest BCUT2D eigenvalue weighted by Crippen LogP contribution is 2.22. The third-order valence-corrected chi connectivity index (χ3v) is 2.44. The zero-order valence-electron chi connectivity index (χ0n) is 7.19. The van der Waals surface area contributed by atoms with Gasteiger partial charge in [0.05, 0.1) is 0 Å². The minimum Gasteiger partial charge on any atom is -0.398 e. The Hall–Kier alpha value is -1.42. The van der Waals surface area contributed by atoms with Crippen LogP contribution in [0.25, 0.3) is 11.3 Å². The van der Waals surface area contributed by atoms with E-state index >= 15 is 0 Å². The van der Waals surface area contributed by atoms with Crippen molar-refractivity contribution in [2.75, 3.05) is 5.73 Å². The topological polar surface area (TPSA) is 51.8 Å². The summed E-state index contributed by atoms with van der Waals surface area (Å²) in [6.07, 6.45) is 0. The van der Waals surface area contributed by atoms with Gasteiger partial charge in [-0.25, -0.2) is 0 Å². The van der Waals surface area contributed by atoms with E-state index in [0.29, 0.717) is 0 Å². The molecule has 0 radical (unpaired) electrons. The van der Waals surface area contributed by atoms with Crippen LogP contribution in [0.15, 0.2) is 23.6 Å². The predicted molar refractivity (Wildman–Crippen MR) is 54.5 cm³/mol. The van der Waals surface area contributed by atoms with E-state index in [0.717, 1.165) is 22.5 Å². The molecule has 0 atom stereocenters. The molecule has 1 heterocycles. The van der Waals surface area contributed by atoms with Gasteiger partial charge >= 0.3 is 0 Å². The molecule has 0 saturated carbocycles. The third-order valence-electron chi connectivity index (χ3n) is 1.94. The number of nitrogen functional groups attached to an aromatic ring is 1. The van der Waals surface area contributed by atoms with Crippen LogP contribution in [0, 0.1) is 6.92 Å². The van der Waals surface area contributed by atoms with Crippen molar-refractivity contribution in [3.63, 3.8) is 0 Å². The summed E-state index contributed by atoms with van der Waals surface area (Å²) in [5.74, 6) is 0. The van der Waals surface area contributed by atoms with Crippen molar-refractivity contribution >= 4 is 17.2 Å². The van der Waals surface area contributed by atoms with Crippen LogP contribution >= 0.6 is 11.5 Å². The van der Waals surface area contributed by atoms with Crippen molar-refractivity contribution in [3.05, 3.63) is 29.1 Å². The molecule has 2 rings (SSSR count). The maximum atomic E-state index is 5.78. The smallest absolute Gasteiger partial charge is 0.105 e. The highest BCUT2D eigenvalue weighted by Gasteiger charge is 2.01. The lowest BCUT2D eigenvalue weighted by atomic mass is 10.1. The zero-order valence-corrected chi connectivity index (χ0v) is 8.01. The fourth-order valence-corrected chi connectivity index (χ4v) is 1.56. The molecule has 13 heavy (non-hydrogen) atoms. The molecular weight excluding hydrogens is 182 g/mol. The zero-order chi connectivity index (χ0) is 9.26. The van der Waals surface area contributed by atoms with Crippen molar-refractivity contribution in [2.45, 2.75) is 6.92 Å². The monoisotopic (exact) mass is 191 g/mol. The van der Waals surface area contributed by atoms with Gasteiger partial charge in [-0.1, -0.05) is 16.6 Å². The maximum absolute atomic E-state index is 5.78. The molecule has 0 unspecified atom stereocenters. The Morgan fingerprint density at radius 3 is 2.85 bits per heavy atom. The van der Waals surface area contributed by atoms with Crippen LogP contribution in [0.5, 0.6) is 0 Å². The summed E-state index contributed by atoms with van der Waals surface area (Å²) in [6.45, 7) is 1.98. The average Bonchev–Trinajstić information content (AvgIpc) is 2.62. The number of aryl methyl sites for hydroxylation is 1. The fourth-order valence-electron chi connectivity index (χ4n) is 1.09. The number of rotatable bonds is 1. The number of anilines is 1. The van der Waals surface area contributed by atoms with Crippen LogP contribution in [-0.4, -0.2) is 9.59 Å². The Kier molecular flexibility index (Phi) is 1.98. The predicted octanol–water partition coefficient (Wildman–Crippen LogP) is 2.10. The van der Waals surface area contributed by atoms with E-state index < -0.39 is 0 Å². The Morgan fingerprint density at radius 1 is 1.38 bits per heavy atom. The molecule has 66 valence electrons. The van der Waals surface area contributed by atoms with Crippen LogP contribution in [-0.2, 0) is 0 Å². The van der Waals surface area contributed by atoms with Crippen molar-refractivity contribution in [1.82, 2.24) is 9.59 Å². The Bertz CT molecular complexity index is 409.